The highest BCUT2D eigenvalue weighted by Crippen LogP contribution is 2.22. The molecule has 0 aliphatic heterocycles. The molecule has 16 heavy (non-hydrogen) atoms. The number of aromatic nitrogens is 1. The molecule has 4 heteroatoms. The molecule has 0 atom stereocenters. The zero-order chi connectivity index (χ0) is 11.7. The van der Waals surface area contributed by atoms with Crippen molar-refractivity contribution in [1.29, 1.82) is 0 Å². The van der Waals surface area contributed by atoms with Gasteiger partial charge >= 0.3 is 0 Å². The summed E-state index contributed by atoms with van der Waals surface area (Å²) in [5.74, 6) is 0.116. The predicted molar refractivity (Wildman–Crippen MR) is 59.8 cm³/mol. The lowest BCUT2D eigenvalue weighted by molar-refractivity contribution is 0.0969. The molecule has 86 valence electrons. The number of carbonyl (C=O) groups excluding carboxylic acids is 1. The van der Waals surface area contributed by atoms with Crippen molar-refractivity contribution in [2.24, 2.45) is 0 Å². The first-order valence-corrected chi connectivity index (χ1v) is 5.52. The van der Waals surface area contributed by atoms with Gasteiger partial charge in [-0.2, -0.15) is 0 Å². The summed E-state index contributed by atoms with van der Waals surface area (Å²) in [7, 11) is 0. The monoisotopic (exact) mass is 221 g/mol. The molecule has 0 saturated carbocycles. The Hall–Kier alpha value is -1.42. The maximum atomic E-state index is 11.8. The molecule has 1 heterocycles. The molecule has 0 saturated heterocycles. The largest absolute Gasteiger partial charge is 0.395 e. The molecule has 1 aromatic heterocycles. The van der Waals surface area contributed by atoms with E-state index in [0.717, 1.165) is 24.1 Å². The Kier molecular flexibility index (Phi) is 2.92. The molecular formula is C12H15NO3. The van der Waals surface area contributed by atoms with Crippen LogP contribution in [0.15, 0.2) is 10.9 Å². The van der Waals surface area contributed by atoms with Crippen molar-refractivity contribution >= 4 is 5.78 Å². The van der Waals surface area contributed by atoms with Gasteiger partial charge < -0.3 is 9.67 Å². The van der Waals surface area contributed by atoms with Gasteiger partial charge in [-0.15, -0.1) is 0 Å². The van der Waals surface area contributed by atoms with Crippen LogP contribution >= 0.6 is 0 Å². The molecule has 2 rings (SSSR count). The maximum Gasteiger partial charge on any atom is 0.251 e. The molecular weight excluding hydrogens is 206 g/mol. The topological polar surface area (TPSA) is 59.3 Å². The van der Waals surface area contributed by atoms with Gasteiger partial charge in [-0.3, -0.25) is 9.59 Å². The third-order valence-corrected chi connectivity index (χ3v) is 3.03. The van der Waals surface area contributed by atoms with Gasteiger partial charge in [0.1, 0.15) is 0 Å². The Balaban J connectivity index is 2.67. The van der Waals surface area contributed by atoms with Gasteiger partial charge in [0, 0.05) is 30.3 Å². The summed E-state index contributed by atoms with van der Waals surface area (Å²) in [5.41, 5.74) is 2.13. The summed E-state index contributed by atoms with van der Waals surface area (Å²) in [6.07, 6.45) is 2.10. The predicted octanol–water partition coefficient (Wildman–Crippen LogP) is 0.668. The van der Waals surface area contributed by atoms with E-state index in [2.05, 4.69) is 0 Å². The number of pyridine rings is 1. The number of rotatable bonds is 2. The normalized spacial score (nSPS) is 15.0. The molecule has 1 N–H and O–H groups in total. The smallest absolute Gasteiger partial charge is 0.251 e. The Morgan fingerprint density at radius 3 is 2.81 bits per heavy atom. The number of hydrogen-bond acceptors (Lipinski definition) is 3. The Bertz CT molecular complexity index is 488. The van der Waals surface area contributed by atoms with Crippen molar-refractivity contribution in [2.75, 3.05) is 6.61 Å². The molecule has 1 aliphatic carbocycles. The van der Waals surface area contributed by atoms with E-state index in [-0.39, 0.29) is 24.5 Å². The summed E-state index contributed by atoms with van der Waals surface area (Å²) < 4.78 is 1.53. The van der Waals surface area contributed by atoms with Crippen LogP contribution in [-0.2, 0) is 13.0 Å². The minimum absolute atomic E-state index is 0.0798. The fourth-order valence-electron chi connectivity index (χ4n) is 2.36. The van der Waals surface area contributed by atoms with Crippen molar-refractivity contribution in [3.63, 3.8) is 0 Å². The van der Waals surface area contributed by atoms with Crippen LogP contribution in [-0.4, -0.2) is 22.1 Å². The molecule has 1 aromatic rings. The number of hydrogen-bond donors (Lipinski definition) is 1. The second-order valence-electron chi connectivity index (χ2n) is 4.14. The molecule has 0 unspecified atom stereocenters. The quantitative estimate of drug-likeness (QED) is 0.798. The van der Waals surface area contributed by atoms with Gasteiger partial charge in [-0.1, -0.05) is 0 Å². The number of aryl methyl sites for hydroxylation is 1. The molecule has 1 aliphatic rings. The number of aliphatic hydroxyl groups excluding tert-OH is 1. The number of aliphatic hydroxyl groups is 1. The van der Waals surface area contributed by atoms with Gasteiger partial charge in [0.15, 0.2) is 5.78 Å². The van der Waals surface area contributed by atoms with Crippen LogP contribution in [0.5, 0.6) is 0 Å². The van der Waals surface area contributed by atoms with E-state index in [0.29, 0.717) is 12.0 Å². The number of nitrogens with zero attached hydrogens (tertiary/aromatic N) is 1. The van der Waals surface area contributed by atoms with E-state index in [9.17, 15) is 9.59 Å². The number of carbonyl (C=O) groups is 1. The van der Waals surface area contributed by atoms with Crippen LogP contribution in [0, 0.1) is 6.92 Å². The fraction of sp³-hybridized carbons (Fsp3) is 0.500. The van der Waals surface area contributed by atoms with Crippen LogP contribution < -0.4 is 5.56 Å². The first kappa shape index (κ1) is 11.1. The molecule has 0 fully saturated rings. The summed E-state index contributed by atoms with van der Waals surface area (Å²) in [5, 5.41) is 8.94. The second kappa shape index (κ2) is 4.22. The van der Waals surface area contributed by atoms with E-state index in [1.807, 2.05) is 0 Å². The van der Waals surface area contributed by atoms with Crippen LogP contribution in [0.3, 0.4) is 0 Å². The molecule has 0 bridgehead atoms. The van der Waals surface area contributed by atoms with Crippen molar-refractivity contribution < 1.29 is 9.90 Å². The van der Waals surface area contributed by atoms with Gasteiger partial charge in [-0.05, 0) is 25.3 Å². The highest BCUT2D eigenvalue weighted by atomic mass is 16.3. The lowest BCUT2D eigenvalue weighted by atomic mass is 9.91. The minimum Gasteiger partial charge on any atom is -0.395 e. The minimum atomic E-state index is -0.125. The van der Waals surface area contributed by atoms with E-state index in [4.69, 9.17) is 5.11 Å². The number of Topliss-reactive ketones (excluding diaryl/α,β-unsaturated/α-hetero) is 1. The first-order chi connectivity index (χ1) is 7.65. The number of fused-ring (bicyclic) bond motifs is 1. The third kappa shape index (κ3) is 1.69. The number of ketones is 1. The van der Waals surface area contributed by atoms with Crippen LogP contribution in [0.25, 0.3) is 0 Å². The van der Waals surface area contributed by atoms with Crippen LogP contribution in [0.2, 0.25) is 0 Å². The maximum absolute atomic E-state index is 11.8. The van der Waals surface area contributed by atoms with Crippen molar-refractivity contribution in [3.8, 4) is 0 Å². The highest BCUT2D eigenvalue weighted by Gasteiger charge is 2.22. The van der Waals surface area contributed by atoms with Crippen molar-refractivity contribution in [1.82, 2.24) is 4.57 Å². The standard InChI is InChI=1S/C12H15NO3/c1-8-7-11(16)13(5-6-14)9-3-2-4-10(15)12(8)9/h7,14H,2-6H2,1H3. The zero-order valence-electron chi connectivity index (χ0n) is 9.32. The van der Waals surface area contributed by atoms with Crippen LogP contribution in [0.1, 0.15) is 34.5 Å². The average Bonchev–Trinajstić information content (AvgIpc) is 2.23. The third-order valence-electron chi connectivity index (χ3n) is 3.03. The van der Waals surface area contributed by atoms with E-state index in [1.165, 1.54) is 10.6 Å². The Morgan fingerprint density at radius 2 is 2.12 bits per heavy atom. The second-order valence-corrected chi connectivity index (χ2v) is 4.14. The van der Waals surface area contributed by atoms with E-state index >= 15 is 0 Å². The molecule has 0 radical (unpaired) electrons. The first-order valence-electron chi connectivity index (χ1n) is 5.52. The van der Waals surface area contributed by atoms with E-state index in [1.54, 1.807) is 6.92 Å². The summed E-state index contributed by atoms with van der Waals surface area (Å²) in [4.78, 5) is 23.5. The van der Waals surface area contributed by atoms with Gasteiger partial charge in [0.05, 0.1) is 6.61 Å². The lowest BCUT2D eigenvalue weighted by Gasteiger charge is -2.21. The van der Waals surface area contributed by atoms with Gasteiger partial charge in [-0.25, -0.2) is 0 Å². The molecule has 0 aromatic carbocycles. The van der Waals surface area contributed by atoms with Crippen molar-refractivity contribution in [2.45, 2.75) is 32.7 Å². The average molecular weight is 221 g/mol. The zero-order valence-corrected chi connectivity index (χ0v) is 9.32. The van der Waals surface area contributed by atoms with Crippen LogP contribution in [0.4, 0.5) is 0 Å². The molecule has 4 nitrogen and oxygen atoms in total. The van der Waals surface area contributed by atoms with Gasteiger partial charge in [0.2, 0.25) is 0 Å². The Labute approximate surface area is 93.5 Å². The summed E-state index contributed by atoms with van der Waals surface area (Å²) in [6.45, 7) is 1.99. The van der Waals surface area contributed by atoms with E-state index < -0.39 is 0 Å². The highest BCUT2D eigenvalue weighted by molar-refractivity contribution is 5.99. The van der Waals surface area contributed by atoms with Gasteiger partial charge in [0.25, 0.3) is 5.56 Å². The summed E-state index contributed by atoms with van der Waals surface area (Å²) >= 11 is 0. The molecule has 0 amide bonds. The van der Waals surface area contributed by atoms with Crippen molar-refractivity contribution in [3.05, 3.63) is 33.2 Å². The SMILES string of the molecule is Cc1cc(=O)n(CCO)c2c1C(=O)CCC2. The Morgan fingerprint density at radius 1 is 1.38 bits per heavy atom. The molecule has 0 spiro atoms. The summed E-state index contributed by atoms with van der Waals surface area (Å²) in [6, 6.07) is 1.48. The lowest BCUT2D eigenvalue weighted by Crippen LogP contribution is -2.30. The fourth-order valence-corrected chi connectivity index (χ4v) is 2.36.